The Morgan fingerprint density at radius 1 is 0.414 bits per heavy atom. The summed E-state index contributed by atoms with van der Waals surface area (Å²) in [5, 5.41) is 4.95. The number of fused-ring (bicyclic) bond motifs is 2. The highest BCUT2D eigenvalue weighted by atomic mass is 15.2. The number of rotatable bonds is 6. The van der Waals surface area contributed by atoms with Crippen LogP contribution in [-0.2, 0) is 10.8 Å². The number of allylic oxidation sites excluding steroid dienone is 12. The van der Waals surface area contributed by atoms with E-state index in [1.165, 1.54) is 77.7 Å². The monoisotopic (exact) mass is 750 g/mol. The molecule has 0 amide bonds. The van der Waals surface area contributed by atoms with Gasteiger partial charge in [0.25, 0.3) is 0 Å². The molecule has 0 spiro atoms. The van der Waals surface area contributed by atoms with Gasteiger partial charge in [-0.3, -0.25) is 0 Å². The summed E-state index contributed by atoms with van der Waals surface area (Å²) in [6.07, 6.45) is 19.0. The van der Waals surface area contributed by atoms with Gasteiger partial charge in [-0.05, 0) is 104 Å². The van der Waals surface area contributed by atoms with Gasteiger partial charge in [0.15, 0.2) is 0 Å². The van der Waals surface area contributed by atoms with Crippen molar-refractivity contribution in [3.8, 4) is 0 Å². The van der Waals surface area contributed by atoms with E-state index in [2.05, 4.69) is 233 Å². The van der Waals surface area contributed by atoms with Crippen molar-refractivity contribution in [2.24, 2.45) is 11.8 Å². The van der Waals surface area contributed by atoms with E-state index in [-0.39, 0.29) is 22.7 Å². The zero-order valence-corrected chi connectivity index (χ0v) is 34.4. The van der Waals surface area contributed by atoms with Crippen molar-refractivity contribution in [2.75, 3.05) is 9.80 Å². The SMILES string of the molecule is CC(C)(C)c1ccc(N(C2=CC=C3C=CC4=C(N(c5ccc(C(C)(C)C)cc5)c5cccc6ccccc56)C=CC5=CC=C2C3C54)c2cccc3ccccc23)cc1. The summed E-state index contributed by atoms with van der Waals surface area (Å²) in [6, 6.07) is 49.4. The molecule has 6 aromatic rings. The fourth-order valence-corrected chi connectivity index (χ4v) is 9.49. The molecule has 2 nitrogen and oxygen atoms in total. The molecule has 10 rings (SSSR count). The Labute approximate surface area is 343 Å². The lowest BCUT2D eigenvalue weighted by Gasteiger charge is -2.45. The van der Waals surface area contributed by atoms with Crippen LogP contribution in [0.15, 0.2) is 216 Å². The molecule has 0 N–H and O–H groups in total. The number of hydrogen-bond acceptors (Lipinski definition) is 2. The van der Waals surface area contributed by atoms with Gasteiger partial charge in [0.2, 0.25) is 0 Å². The maximum absolute atomic E-state index is 2.51. The zero-order valence-electron chi connectivity index (χ0n) is 34.4. The summed E-state index contributed by atoms with van der Waals surface area (Å²) in [7, 11) is 0. The second kappa shape index (κ2) is 13.6. The van der Waals surface area contributed by atoms with Crippen molar-refractivity contribution in [2.45, 2.75) is 52.4 Å². The summed E-state index contributed by atoms with van der Waals surface area (Å²) in [5.41, 5.74) is 15.3. The van der Waals surface area contributed by atoms with Crippen molar-refractivity contribution in [3.05, 3.63) is 227 Å². The molecule has 6 aromatic carbocycles. The molecule has 2 atom stereocenters. The van der Waals surface area contributed by atoms with E-state index in [4.69, 9.17) is 0 Å². The maximum atomic E-state index is 2.51. The fourth-order valence-electron chi connectivity index (χ4n) is 9.49. The Hall–Kier alpha value is -6.38. The van der Waals surface area contributed by atoms with Crippen LogP contribution in [0.3, 0.4) is 0 Å². The van der Waals surface area contributed by atoms with Gasteiger partial charge in [0, 0.05) is 34.0 Å². The number of hydrogen-bond donors (Lipinski definition) is 0. The first kappa shape index (κ1) is 36.0. The van der Waals surface area contributed by atoms with Gasteiger partial charge in [0.1, 0.15) is 0 Å². The van der Waals surface area contributed by atoms with Gasteiger partial charge in [0.05, 0.1) is 22.8 Å². The highest BCUT2D eigenvalue weighted by Gasteiger charge is 2.43. The van der Waals surface area contributed by atoms with Crippen LogP contribution in [0.4, 0.5) is 22.7 Å². The smallest absolute Gasteiger partial charge is 0.0540 e. The lowest BCUT2D eigenvalue weighted by atomic mass is 9.63. The summed E-state index contributed by atoms with van der Waals surface area (Å²) < 4.78 is 0. The summed E-state index contributed by atoms with van der Waals surface area (Å²) in [5.74, 6) is 0.341. The number of anilines is 4. The van der Waals surface area contributed by atoms with Gasteiger partial charge >= 0.3 is 0 Å². The van der Waals surface area contributed by atoms with Crippen molar-refractivity contribution in [3.63, 3.8) is 0 Å². The first-order valence-electron chi connectivity index (χ1n) is 20.8. The lowest BCUT2D eigenvalue weighted by Crippen LogP contribution is -2.35. The van der Waals surface area contributed by atoms with Crippen molar-refractivity contribution in [1.82, 2.24) is 0 Å². The minimum absolute atomic E-state index is 0.0650. The van der Waals surface area contributed by atoms with Crippen LogP contribution < -0.4 is 9.80 Å². The van der Waals surface area contributed by atoms with Crippen LogP contribution in [-0.4, -0.2) is 0 Å². The van der Waals surface area contributed by atoms with Gasteiger partial charge in [-0.15, -0.1) is 0 Å². The first-order chi connectivity index (χ1) is 28.0. The van der Waals surface area contributed by atoms with E-state index in [0.717, 1.165) is 11.4 Å². The largest absolute Gasteiger partial charge is 0.310 e. The third-order valence-electron chi connectivity index (χ3n) is 12.6. The normalized spacial score (nSPS) is 18.4. The third kappa shape index (κ3) is 6.02. The van der Waals surface area contributed by atoms with Crippen LogP contribution in [0.5, 0.6) is 0 Å². The molecule has 0 saturated heterocycles. The zero-order chi connectivity index (χ0) is 39.8. The van der Waals surface area contributed by atoms with E-state index >= 15 is 0 Å². The van der Waals surface area contributed by atoms with E-state index in [1.807, 2.05) is 0 Å². The number of benzene rings is 6. The Balaban J connectivity index is 1.14. The average molecular weight is 751 g/mol. The molecule has 0 aromatic heterocycles. The molecule has 58 heavy (non-hydrogen) atoms. The van der Waals surface area contributed by atoms with E-state index in [0.29, 0.717) is 0 Å². The minimum atomic E-state index is 0.0650. The van der Waals surface area contributed by atoms with Crippen LogP contribution >= 0.6 is 0 Å². The second-order valence-electron chi connectivity index (χ2n) is 18.2. The Bertz CT molecular complexity index is 2830. The highest BCUT2D eigenvalue weighted by molar-refractivity contribution is 5.99. The molecular formula is C56H50N2. The molecule has 4 aliphatic carbocycles. The lowest BCUT2D eigenvalue weighted by molar-refractivity contribution is 0.551. The van der Waals surface area contributed by atoms with Crippen LogP contribution in [0.25, 0.3) is 21.5 Å². The van der Waals surface area contributed by atoms with Crippen LogP contribution in [0.1, 0.15) is 52.7 Å². The molecule has 0 aliphatic heterocycles. The van der Waals surface area contributed by atoms with Gasteiger partial charge in [-0.1, -0.05) is 175 Å². The molecule has 284 valence electrons. The van der Waals surface area contributed by atoms with E-state index in [9.17, 15) is 0 Å². The molecule has 0 bridgehead atoms. The molecule has 2 heteroatoms. The molecule has 0 heterocycles. The number of nitrogens with zero attached hydrogens (tertiary/aromatic N) is 2. The molecule has 0 radical (unpaired) electrons. The summed E-state index contributed by atoms with van der Waals surface area (Å²) >= 11 is 0. The van der Waals surface area contributed by atoms with Crippen molar-refractivity contribution in [1.29, 1.82) is 0 Å². The second-order valence-corrected chi connectivity index (χ2v) is 18.2. The fraction of sp³-hybridized carbons (Fsp3) is 0.179. The van der Waals surface area contributed by atoms with Crippen LogP contribution in [0.2, 0.25) is 0 Å². The predicted octanol–water partition coefficient (Wildman–Crippen LogP) is 14.9. The van der Waals surface area contributed by atoms with Crippen molar-refractivity contribution < 1.29 is 0 Å². The minimum Gasteiger partial charge on any atom is -0.310 e. The highest BCUT2D eigenvalue weighted by Crippen LogP contribution is 2.54. The molecule has 0 fully saturated rings. The summed E-state index contributed by atoms with van der Waals surface area (Å²) in [6.45, 7) is 13.7. The molecular weight excluding hydrogens is 701 g/mol. The Morgan fingerprint density at radius 2 is 0.897 bits per heavy atom. The molecule has 0 saturated carbocycles. The summed E-state index contributed by atoms with van der Waals surface area (Å²) in [4.78, 5) is 5.01. The average Bonchev–Trinajstić information content (AvgIpc) is 3.23. The third-order valence-corrected chi connectivity index (χ3v) is 12.6. The van der Waals surface area contributed by atoms with Crippen molar-refractivity contribution >= 4 is 44.3 Å². The quantitative estimate of drug-likeness (QED) is 0.167. The molecule has 2 unspecified atom stereocenters. The van der Waals surface area contributed by atoms with Crippen LogP contribution in [0, 0.1) is 11.8 Å². The maximum Gasteiger partial charge on any atom is 0.0540 e. The van der Waals surface area contributed by atoms with Gasteiger partial charge in [-0.2, -0.15) is 0 Å². The predicted molar refractivity (Wildman–Crippen MR) is 247 cm³/mol. The standard InChI is InChI=1S/C56H50N2/c1-55(2,3)41-25-29-43(30-26-41)57(49-19-11-15-37-13-7-9-17-45(37)49)51-35-23-39-22-34-48-52(36-24-40-21-33-47(51)53(39)54(40)48)58(44-31-27-42(28-32-44)56(4,5)6)50-20-12-16-38-14-8-10-18-46(38)50/h7-36,53-54H,1-6H3. The topological polar surface area (TPSA) is 6.48 Å². The van der Waals surface area contributed by atoms with E-state index < -0.39 is 0 Å². The van der Waals surface area contributed by atoms with Gasteiger partial charge < -0.3 is 9.80 Å². The van der Waals surface area contributed by atoms with E-state index in [1.54, 1.807) is 0 Å². The Kier molecular flexibility index (Phi) is 8.46. The molecule has 4 aliphatic rings. The first-order valence-corrected chi connectivity index (χ1v) is 20.8. The van der Waals surface area contributed by atoms with Gasteiger partial charge in [-0.25, -0.2) is 0 Å². The Morgan fingerprint density at radius 3 is 1.48 bits per heavy atom.